The molecule has 20 heavy (non-hydrogen) atoms. The number of aryl methyl sites for hydroxylation is 1. The quantitative estimate of drug-likeness (QED) is 0.418. The Morgan fingerprint density at radius 1 is 1.35 bits per heavy atom. The molecule has 0 aliphatic carbocycles. The van der Waals surface area contributed by atoms with Gasteiger partial charge in [0.2, 0.25) is 0 Å². The maximum atomic E-state index is 5.16. The van der Waals surface area contributed by atoms with Crippen molar-refractivity contribution < 1.29 is 4.74 Å². The van der Waals surface area contributed by atoms with Crippen molar-refractivity contribution in [2.24, 2.45) is 0 Å². The number of methoxy groups -OCH3 is 1. The Hall–Kier alpha value is -1.37. The van der Waals surface area contributed by atoms with Crippen LogP contribution in [0.5, 0.6) is 5.75 Å². The number of unbranched alkanes of at least 4 members (excludes halogenated alkanes) is 1. The van der Waals surface area contributed by atoms with Gasteiger partial charge in [0.25, 0.3) is 0 Å². The van der Waals surface area contributed by atoms with Gasteiger partial charge in [-0.05, 0) is 59.5 Å². The van der Waals surface area contributed by atoms with Crippen LogP contribution in [0.3, 0.4) is 0 Å². The number of hydrogen-bond acceptors (Lipinski definition) is 3. The summed E-state index contributed by atoms with van der Waals surface area (Å²) in [5.74, 6) is 0.868. The number of benzene rings is 1. The molecule has 1 heterocycles. The molecule has 2 aromatic rings. The van der Waals surface area contributed by atoms with Gasteiger partial charge < -0.3 is 4.74 Å². The number of aromatic nitrogens is 3. The van der Waals surface area contributed by atoms with Crippen molar-refractivity contribution in [3.63, 3.8) is 0 Å². The van der Waals surface area contributed by atoms with E-state index in [1.54, 1.807) is 7.11 Å². The summed E-state index contributed by atoms with van der Waals surface area (Å²) in [4.78, 5) is 0. The van der Waals surface area contributed by atoms with Crippen LogP contribution in [0.25, 0.3) is 0 Å². The highest BCUT2D eigenvalue weighted by molar-refractivity contribution is 14.1. The lowest BCUT2D eigenvalue weighted by Gasteiger charge is -2.04. The van der Waals surface area contributed by atoms with E-state index in [0.29, 0.717) is 0 Å². The second kappa shape index (κ2) is 7.42. The lowest BCUT2D eigenvalue weighted by atomic mass is 10.2. The smallest absolute Gasteiger partial charge is 0.123 e. The third kappa shape index (κ3) is 3.82. The second-order valence-corrected chi connectivity index (χ2v) is 5.54. The van der Waals surface area contributed by atoms with Gasteiger partial charge in [-0.3, -0.25) is 0 Å². The fourth-order valence-corrected chi connectivity index (χ4v) is 2.55. The van der Waals surface area contributed by atoms with E-state index in [4.69, 9.17) is 4.74 Å². The average molecular weight is 383 g/mol. The van der Waals surface area contributed by atoms with Gasteiger partial charge >= 0.3 is 0 Å². The predicted molar refractivity (Wildman–Crippen MR) is 88.0 cm³/mol. The lowest BCUT2D eigenvalue weighted by molar-refractivity contribution is 0.414. The normalized spacial score (nSPS) is 10.5. The van der Waals surface area contributed by atoms with Gasteiger partial charge in [-0.1, -0.05) is 23.4 Å². The third-order valence-corrected chi connectivity index (χ3v) is 4.23. The summed E-state index contributed by atoms with van der Waals surface area (Å²) in [7, 11) is 1.67. The molecule has 0 atom stereocenters. The SMILES string of the molecule is C=CCCCc1nnn(Cc2ccc(OC)cc2)c1I. The highest BCUT2D eigenvalue weighted by atomic mass is 127. The van der Waals surface area contributed by atoms with Crippen molar-refractivity contribution in [2.75, 3.05) is 7.11 Å². The molecule has 4 nitrogen and oxygen atoms in total. The minimum Gasteiger partial charge on any atom is -0.497 e. The summed E-state index contributed by atoms with van der Waals surface area (Å²) < 4.78 is 8.21. The fourth-order valence-electron chi connectivity index (χ4n) is 1.91. The molecule has 1 aromatic carbocycles. The molecule has 0 radical (unpaired) electrons. The molecular weight excluding hydrogens is 365 g/mol. The molecule has 0 bridgehead atoms. The molecule has 0 spiro atoms. The van der Waals surface area contributed by atoms with E-state index in [2.05, 4.69) is 39.5 Å². The van der Waals surface area contributed by atoms with E-state index in [-0.39, 0.29) is 0 Å². The summed E-state index contributed by atoms with van der Waals surface area (Å²) in [5.41, 5.74) is 2.26. The largest absolute Gasteiger partial charge is 0.497 e. The lowest BCUT2D eigenvalue weighted by Crippen LogP contribution is -2.04. The zero-order valence-corrected chi connectivity index (χ0v) is 13.7. The number of rotatable bonds is 7. The molecule has 0 unspecified atom stereocenters. The van der Waals surface area contributed by atoms with Crippen molar-refractivity contribution in [1.29, 1.82) is 0 Å². The highest BCUT2D eigenvalue weighted by Crippen LogP contribution is 2.16. The Morgan fingerprint density at radius 2 is 2.10 bits per heavy atom. The molecule has 0 amide bonds. The Labute approximate surface area is 133 Å². The van der Waals surface area contributed by atoms with Crippen LogP contribution in [0.2, 0.25) is 0 Å². The van der Waals surface area contributed by atoms with Gasteiger partial charge in [0.1, 0.15) is 9.45 Å². The third-order valence-electron chi connectivity index (χ3n) is 3.05. The Balaban J connectivity index is 2.03. The Kier molecular flexibility index (Phi) is 5.58. The van der Waals surface area contributed by atoms with Gasteiger partial charge in [-0.2, -0.15) is 0 Å². The first-order chi connectivity index (χ1) is 9.74. The van der Waals surface area contributed by atoms with Crippen LogP contribution >= 0.6 is 22.6 Å². The molecule has 106 valence electrons. The van der Waals surface area contributed by atoms with Gasteiger partial charge in [0, 0.05) is 0 Å². The van der Waals surface area contributed by atoms with Crippen molar-refractivity contribution in [3.8, 4) is 5.75 Å². The molecule has 0 aliphatic heterocycles. The zero-order chi connectivity index (χ0) is 14.4. The second-order valence-electron chi connectivity index (χ2n) is 4.51. The molecule has 0 fully saturated rings. The fraction of sp³-hybridized carbons (Fsp3) is 0.333. The topological polar surface area (TPSA) is 39.9 Å². The Morgan fingerprint density at radius 3 is 2.75 bits per heavy atom. The monoisotopic (exact) mass is 383 g/mol. The molecule has 0 saturated carbocycles. The molecule has 0 N–H and O–H groups in total. The van der Waals surface area contributed by atoms with Crippen molar-refractivity contribution in [1.82, 2.24) is 15.0 Å². The first kappa shape index (κ1) is 15.0. The maximum Gasteiger partial charge on any atom is 0.123 e. The maximum absolute atomic E-state index is 5.16. The van der Waals surface area contributed by atoms with E-state index in [0.717, 1.165) is 41.0 Å². The minimum absolute atomic E-state index is 0.733. The molecule has 2 rings (SSSR count). The summed E-state index contributed by atoms with van der Waals surface area (Å²) in [6.07, 6.45) is 4.98. The number of halogens is 1. The van der Waals surface area contributed by atoms with E-state index in [1.165, 1.54) is 5.56 Å². The van der Waals surface area contributed by atoms with Crippen LogP contribution in [-0.4, -0.2) is 22.1 Å². The van der Waals surface area contributed by atoms with Crippen LogP contribution < -0.4 is 4.74 Å². The summed E-state index contributed by atoms with van der Waals surface area (Å²) in [6.45, 7) is 4.47. The van der Waals surface area contributed by atoms with E-state index in [1.807, 2.05) is 35.0 Å². The minimum atomic E-state index is 0.733. The molecule has 0 aliphatic rings. The van der Waals surface area contributed by atoms with Crippen molar-refractivity contribution in [2.45, 2.75) is 25.8 Å². The number of ether oxygens (including phenoxy) is 1. The zero-order valence-electron chi connectivity index (χ0n) is 11.6. The van der Waals surface area contributed by atoms with Crippen LogP contribution in [0.4, 0.5) is 0 Å². The highest BCUT2D eigenvalue weighted by Gasteiger charge is 2.09. The van der Waals surface area contributed by atoms with Gasteiger partial charge in [0.15, 0.2) is 0 Å². The number of nitrogens with zero attached hydrogens (tertiary/aromatic N) is 3. The summed E-state index contributed by atoms with van der Waals surface area (Å²) in [6, 6.07) is 8.02. The van der Waals surface area contributed by atoms with E-state index >= 15 is 0 Å². The molecular formula is C15H18IN3O. The van der Waals surface area contributed by atoms with E-state index < -0.39 is 0 Å². The van der Waals surface area contributed by atoms with Gasteiger partial charge in [-0.15, -0.1) is 11.7 Å². The van der Waals surface area contributed by atoms with Crippen molar-refractivity contribution >= 4 is 22.6 Å². The van der Waals surface area contributed by atoms with Crippen LogP contribution in [-0.2, 0) is 13.0 Å². The van der Waals surface area contributed by atoms with Crippen molar-refractivity contribution in [3.05, 3.63) is 51.9 Å². The van der Waals surface area contributed by atoms with Crippen LogP contribution in [0, 0.1) is 3.70 Å². The standard InChI is InChI=1S/C15H18IN3O/c1-3-4-5-6-14-15(16)19(18-17-14)11-12-7-9-13(20-2)10-8-12/h3,7-10H,1,4-6,11H2,2H3. The number of hydrogen-bond donors (Lipinski definition) is 0. The molecule has 0 saturated heterocycles. The summed E-state index contributed by atoms with van der Waals surface area (Å²) >= 11 is 2.32. The molecule has 5 heteroatoms. The predicted octanol–water partition coefficient (Wildman–Crippen LogP) is 3.45. The Bertz CT molecular complexity index is 563. The summed E-state index contributed by atoms with van der Waals surface area (Å²) in [5, 5.41) is 8.50. The van der Waals surface area contributed by atoms with Gasteiger partial charge in [-0.25, -0.2) is 4.68 Å². The number of allylic oxidation sites excluding steroid dienone is 1. The first-order valence-electron chi connectivity index (χ1n) is 6.56. The van der Waals surface area contributed by atoms with Gasteiger partial charge in [0.05, 0.1) is 19.3 Å². The van der Waals surface area contributed by atoms with Crippen LogP contribution in [0.1, 0.15) is 24.1 Å². The van der Waals surface area contributed by atoms with E-state index in [9.17, 15) is 0 Å². The molecule has 1 aromatic heterocycles. The van der Waals surface area contributed by atoms with Crippen LogP contribution in [0.15, 0.2) is 36.9 Å². The first-order valence-corrected chi connectivity index (χ1v) is 7.64. The average Bonchev–Trinajstić information content (AvgIpc) is 2.81.